The number of nitrogens with zero attached hydrogens (tertiary/aromatic N) is 1. The Balaban J connectivity index is 2.42. The minimum atomic E-state index is -0.735. The Morgan fingerprint density at radius 1 is 1.57 bits per heavy atom. The van der Waals surface area contributed by atoms with Crippen LogP contribution < -0.4 is 11.1 Å². The highest BCUT2D eigenvalue weighted by atomic mass is 16.1. The van der Waals surface area contributed by atoms with Crippen molar-refractivity contribution in [1.29, 1.82) is 0 Å². The van der Waals surface area contributed by atoms with E-state index in [0.29, 0.717) is 0 Å². The number of primary amides is 1. The number of rotatable bonds is 2. The summed E-state index contributed by atoms with van der Waals surface area (Å²) in [6.07, 6.45) is 3.37. The van der Waals surface area contributed by atoms with Crippen LogP contribution in [-0.2, 0) is 10.3 Å². The molecule has 1 atom stereocenters. The molecule has 74 valence electrons. The maximum absolute atomic E-state index is 11.4. The highest BCUT2D eigenvalue weighted by Gasteiger charge is 2.42. The number of amides is 1. The fraction of sp³-hybridized carbons (Fsp3) is 0.400. The summed E-state index contributed by atoms with van der Waals surface area (Å²) < 4.78 is 0. The fourth-order valence-electron chi connectivity index (χ4n) is 1.91. The Morgan fingerprint density at radius 2 is 2.43 bits per heavy atom. The van der Waals surface area contributed by atoms with Crippen molar-refractivity contribution < 1.29 is 4.79 Å². The zero-order chi connectivity index (χ0) is 10.0. The van der Waals surface area contributed by atoms with Gasteiger partial charge in [0.15, 0.2) is 0 Å². The summed E-state index contributed by atoms with van der Waals surface area (Å²) >= 11 is 0. The number of aromatic nitrogens is 1. The first-order chi connectivity index (χ1) is 6.76. The Morgan fingerprint density at radius 3 is 2.93 bits per heavy atom. The zero-order valence-electron chi connectivity index (χ0n) is 7.86. The fourth-order valence-corrected chi connectivity index (χ4v) is 1.91. The summed E-state index contributed by atoms with van der Waals surface area (Å²) in [5.41, 5.74) is 5.42. The lowest BCUT2D eigenvalue weighted by Gasteiger charge is -2.24. The van der Waals surface area contributed by atoms with Gasteiger partial charge in [-0.25, -0.2) is 0 Å². The number of nitrogens with two attached hydrogens (primary N) is 1. The molecule has 1 fully saturated rings. The molecule has 0 bridgehead atoms. The van der Waals surface area contributed by atoms with Gasteiger partial charge in [0.2, 0.25) is 5.91 Å². The second kappa shape index (κ2) is 3.38. The average molecular weight is 191 g/mol. The van der Waals surface area contributed by atoms with E-state index in [1.54, 1.807) is 6.20 Å². The smallest absolute Gasteiger partial charge is 0.243 e. The lowest BCUT2D eigenvalue weighted by molar-refractivity contribution is -0.124. The highest BCUT2D eigenvalue weighted by molar-refractivity contribution is 5.86. The Hall–Kier alpha value is -1.42. The van der Waals surface area contributed by atoms with E-state index in [-0.39, 0.29) is 5.91 Å². The van der Waals surface area contributed by atoms with Crippen LogP contribution in [0.2, 0.25) is 0 Å². The molecule has 1 aliphatic heterocycles. The topological polar surface area (TPSA) is 68.0 Å². The van der Waals surface area contributed by atoms with E-state index >= 15 is 0 Å². The zero-order valence-corrected chi connectivity index (χ0v) is 7.86. The lowest BCUT2D eigenvalue weighted by atomic mass is 9.92. The molecular formula is C10H13N3O. The number of nitrogens with one attached hydrogen (secondary N) is 1. The van der Waals surface area contributed by atoms with Crippen LogP contribution in [0.25, 0.3) is 0 Å². The first-order valence-corrected chi connectivity index (χ1v) is 4.72. The highest BCUT2D eigenvalue weighted by Crippen LogP contribution is 2.28. The Labute approximate surface area is 82.5 Å². The van der Waals surface area contributed by atoms with Gasteiger partial charge in [-0.2, -0.15) is 0 Å². The summed E-state index contributed by atoms with van der Waals surface area (Å²) in [6, 6.07) is 5.53. The molecule has 4 heteroatoms. The molecule has 1 amide bonds. The van der Waals surface area contributed by atoms with Crippen LogP contribution in [0.3, 0.4) is 0 Å². The predicted octanol–water partition coefficient (Wildman–Crippen LogP) is 0.146. The van der Waals surface area contributed by atoms with Crippen molar-refractivity contribution in [3.63, 3.8) is 0 Å². The number of carbonyl (C=O) groups is 1. The van der Waals surface area contributed by atoms with Crippen molar-refractivity contribution in [3.05, 3.63) is 30.1 Å². The third-order valence-corrected chi connectivity index (χ3v) is 2.68. The van der Waals surface area contributed by atoms with Gasteiger partial charge in [-0.05, 0) is 31.5 Å². The molecule has 14 heavy (non-hydrogen) atoms. The van der Waals surface area contributed by atoms with Gasteiger partial charge in [-0.3, -0.25) is 15.1 Å². The van der Waals surface area contributed by atoms with Crippen molar-refractivity contribution in [1.82, 2.24) is 10.3 Å². The number of hydrogen-bond donors (Lipinski definition) is 2. The van der Waals surface area contributed by atoms with Crippen LogP contribution in [0.1, 0.15) is 18.5 Å². The molecule has 1 aromatic heterocycles. The molecule has 2 rings (SSSR count). The molecule has 1 aliphatic rings. The van der Waals surface area contributed by atoms with Gasteiger partial charge in [-0.15, -0.1) is 0 Å². The van der Waals surface area contributed by atoms with E-state index in [1.807, 2.05) is 18.2 Å². The summed E-state index contributed by atoms with van der Waals surface area (Å²) in [6.45, 7) is 0.819. The number of pyridine rings is 1. The third kappa shape index (κ3) is 1.28. The summed E-state index contributed by atoms with van der Waals surface area (Å²) in [5, 5.41) is 3.15. The lowest BCUT2D eigenvalue weighted by Crippen LogP contribution is -2.49. The monoisotopic (exact) mass is 191 g/mol. The maximum Gasteiger partial charge on any atom is 0.243 e. The molecule has 1 unspecified atom stereocenters. The molecule has 4 nitrogen and oxygen atoms in total. The molecule has 0 radical (unpaired) electrons. The second-order valence-corrected chi connectivity index (χ2v) is 3.51. The molecular weight excluding hydrogens is 178 g/mol. The SMILES string of the molecule is NC(=O)C1(c2ccccn2)CCCN1. The Kier molecular flexibility index (Phi) is 2.21. The normalized spacial score (nSPS) is 26.3. The number of carbonyl (C=O) groups excluding carboxylic acids is 1. The quantitative estimate of drug-likeness (QED) is 0.699. The van der Waals surface area contributed by atoms with Crippen molar-refractivity contribution in [2.45, 2.75) is 18.4 Å². The van der Waals surface area contributed by atoms with Crippen LogP contribution in [0.4, 0.5) is 0 Å². The van der Waals surface area contributed by atoms with Crippen molar-refractivity contribution >= 4 is 5.91 Å². The molecule has 1 saturated heterocycles. The molecule has 0 aromatic carbocycles. The van der Waals surface area contributed by atoms with E-state index in [4.69, 9.17) is 5.73 Å². The van der Waals surface area contributed by atoms with Crippen molar-refractivity contribution in [2.75, 3.05) is 6.54 Å². The van der Waals surface area contributed by atoms with E-state index in [2.05, 4.69) is 10.3 Å². The molecule has 0 aliphatic carbocycles. The van der Waals surface area contributed by atoms with Crippen LogP contribution in [-0.4, -0.2) is 17.4 Å². The second-order valence-electron chi connectivity index (χ2n) is 3.51. The van der Waals surface area contributed by atoms with Gasteiger partial charge in [0, 0.05) is 6.20 Å². The summed E-state index contributed by atoms with van der Waals surface area (Å²) in [4.78, 5) is 15.6. The first kappa shape index (κ1) is 9.15. The largest absolute Gasteiger partial charge is 0.368 e. The standard InChI is InChI=1S/C10H13N3O/c11-9(14)10(5-3-7-13-10)8-4-1-2-6-12-8/h1-2,4,6,13H,3,5,7H2,(H2,11,14). The molecule has 0 spiro atoms. The third-order valence-electron chi connectivity index (χ3n) is 2.68. The van der Waals surface area contributed by atoms with Crippen LogP contribution >= 0.6 is 0 Å². The molecule has 0 saturated carbocycles. The van der Waals surface area contributed by atoms with Crippen LogP contribution in [0.15, 0.2) is 24.4 Å². The van der Waals surface area contributed by atoms with Gasteiger partial charge >= 0.3 is 0 Å². The van der Waals surface area contributed by atoms with E-state index in [0.717, 1.165) is 25.1 Å². The minimum absolute atomic E-state index is 0.339. The minimum Gasteiger partial charge on any atom is -0.368 e. The van der Waals surface area contributed by atoms with Gasteiger partial charge in [0.05, 0.1) is 5.69 Å². The van der Waals surface area contributed by atoms with E-state index in [1.165, 1.54) is 0 Å². The molecule has 2 heterocycles. The molecule has 3 N–H and O–H groups in total. The van der Waals surface area contributed by atoms with Gasteiger partial charge < -0.3 is 5.73 Å². The maximum atomic E-state index is 11.4. The summed E-state index contributed by atoms with van der Waals surface area (Å²) in [5.74, 6) is -0.339. The van der Waals surface area contributed by atoms with E-state index in [9.17, 15) is 4.79 Å². The number of hydrogen-bond acceptors (Lipinski definition) is 3. The molecule has 1 aromatic rings. The Bertz CT molecular complexity index is 330. The van der Waals surface area contributed by atoms with Gasteiger partial charge in [0.1, 0.15) is 5.54 Å². The van der Waals surface area contributed by atoms with Crippen LogP contribution in [0.5, 0.6) is 0 Å². The first-order valence-electron chi connectivity index (χ1n) is 4.72. The van der Waals surface area contributed by atoms with Gasteiger partial charge in [0.25, 0.3) is 0 Å². The van der Waals surface area contributed by atoms with Crippen LogP contribution in [0, 0.1) is 0 Å². The van der Waals surface area contributed by atoms with Gasteiger partial charge in [-0.1, -0.05) is 6.07 Å². The average Bonchev–Trinajstić information content (AvgIpc) is 2.69. The predicted molar refractivity (Wildman–Crippen MR) is 52.3 cm³/mol. The van der Waals surface area contributed by atoms with Crippen molar-refractivity contribution in [2.24, 2.45) is 5.73 Å². The van der Waals surface area contributed by atoms with Crippen molar-refractivity contribution in [3.8, 4) is 0 Å². The van der Waals surface area contributed by atoms with E-state index < -0.39 is 5.54 Å². The summed E-state index contributed by atoms with van der Waals surface area (Å²) in [7, 11) is 0.